The number of carbonyl (C=O) groups is 1. The Hall–Kier alpha value is -2.07. The van der Waals surface area contributed by atoms with Gasteiger partial charge in [0.25, 0.3) is 0 Å². The summed E-state index contributed by atoms with van der Waals surface area (Å²) >= 11 is 0. The van der Waals surface area contributed by atoms with Gasteiger partial charge in [-0.25, -0.2) is 0 Å². The summed E-state index contributed by atoms with van der Waals surface area (Å²) in [6.45, 7) is 8.55. The van der Waals surface area contributed by atoms with E-state index in [1.807, 2.05) is 12.1 Å². The van der Waals surface area contributed by atoms with Crippen LogP contribution in [0.3, 0.4) is 0 Å². The second kappa shape index (κ2) is 6.36. The molecular weight excluding hydrogens is 278 g/mol. The summed E-state index contributed by atoms with van der Waals surface area (Å²) < 4.78 is 5.77. The second-order valence-corrected chi connectivity index (χ2v) is 6.53. The van der Waals surface area contributed by atoms with E-state index in [0.717, 1.165) is 17.1 Å². The predicted molar refractivity (Wildman–Crippen MR) is 86.8 cm³/mol. The lowest BCUT2D eigenvalue weighted by Crippen LogP contribution is -2.32. The first-order valence-electron chi connectivity index (χ1n) is 7.43. The van der Waals surface area contributed by atoms with Crippen molar-refractivity contribution in [2.75, 3.05) is 0 Å². The molecule has 1 unspecified atom stereocenters. The van der Waals surface area contributed by atoms with Gasteiger partial charge in [-0.3, -0.25) is 10.1 Å². The molecule has 0 saturated heterocycles. The Morgan fingerprint density at radius 2 is 1.82 bits per heavy atom. The van der Waals surface area contributed by atoms with Crippen LogP contribution in [-0.4, -0.2) is 17.1 Å². The molecule has 0 amide bonds. The number of benzene rings is 1. The Bertz CT molecular complexity index is 635. The van der Waals surface area contributed by atoms with E-state index in [9.17, 15) is 4.79 Å². The Labute approximate surface area is 131 Å². The Morgan fingerprint density at radius 3 is 2.36 bits per heavy atom. The van der Waals surface area contributed by atoms with Crippen molar-refractivity contribution in [2.45, 2.75) is 45.7 Å². The molecule has 2 rings (SSSR count). The first-order valence-corrected chi connectivity index (χ1v) is 7.43. The van der Waals surface area contributed by atoms with Crippen molar-refractivity contribution in [3.8, 4) is 11.3 Å². The number of hydrogen-bond acceptors (Lipinski definition) is 3. The van der Waals surface area contributed by atoms with Gasteiger partial charge in [-0.1, -0.05) is 45.0 Å². The summed E-state index contributed by atoms with van der Waals surface area (Å²) in [7, 11) is 0. The zero-order valence-corrected chi connectivity index (χ0v) is 13.5. The van der Waals surface area contributed by atoms with Crippen LogP contribution in [0.2, 0.25) is 0 Å². The van der Waals surface area contributed by atoms with Gasteiger partial charge in [0.1, 0.15) is 17.6 Å². The summed E-state index contributed by atoms with van der Waals surface area (Å²) in [4.78, 5) is 10.8. The van der Waals surface area contributed by atoms with Crippen molar-refractivity contribution in [1.29, 1.82) is 0 Å². The van der Waals surface area contributed by atoms with Gasteiger partial charge in [0.05, 0.1) is 6.54 Å². The Balaban J connectivity index is 2.06. The maximum absolute atomic E-state index is 10.8. The van der Waals surface area contributed by atoms with Gasteiger partial charge in [-0.15, -0.1) is 0 Å². The van der Waals surface area contributed by atoms with E-state index in [2.05, 4.69) is 50.4 Å². The lowest BCUT2D eigenvalue weighted by molar-refractivity contribution is -0.139. The zero-order valence-electron chi connectivity index (χ0n) is 13.5. The molecule has 0 radical (unpaired) electrons. The lowest BCUT2D eigenvalue weighted by Gasteiger charge is -2.18. The molecule has 0 aliphatic rings. The molecule has 0 bridgehead atoms. The molecule has 4 heteroatoms. The molecule has 22 heavy (non-hydrogen) atoms. The Kier molecular flexibility index (Phi) is 4.71. The van der Waals surface area contributed by atoms with Gasteiger partial charge in [-0.05, 0) is 30.0 Å². The Morgan fingerprint density at radius 1 is 1.18 bits per heavy atom. The molecular formula is C18H23NO3. The van der Waals surface area contributed by atoms with Gasteiger partial charge in [0.15, 0.2) is 0 Å². The highest BCUT2D eigenvalue weighted by atomic mass is 16.4. The van der Waals surface area contributed by atoms with E-state index in [4.69, 9.17) is 9.52 Å². The maximum Gasteiger partial charge on any atom is 0.320 e. The zero-order chi connectivity index (χ0) is 16.3. The maximum atomic E-state index is 10.8. The number of furan rings is 1. The molecule has 0 aliphatic heterocycles. The summed E-state index contributed by atoms with van der Waals surface area (Å²) in [6.07, 6.45) is 0. The van der Waals surface area contributed by atoms with Crippen LogP contribution in [0.25, 0.3) is 11.3 Å². The standard InChI is InChI=1S/C18H23NO3/c1-12(17(20)21)19-11-15-9-10-16(22-15)13-5-7-14(8-6-13)18(2,3)4/h5-10,12,19H,11H2,1-4H3,(H,20,21). The van der Waals surface area contributed by atoms with Gasteiger partial charge >= 0.3 is 5.97 Å². The van der Waals surface area contributed by atoms with E-state index < -0.39 is 12.0 Å². The molecule has 0 saturated carbocycles. The minimum absolute atomic E-state index is 0.129. The van der Waals surface area contributed by atoms with E-state index >= 15 is 0 Å². The number of nitrogens with one attached hydrogen (secondary N) is 1. The number of carboxylic acid groups (broad SMARTS) is 1. The molecule has 0 spiro atoms. The number of aliphatic carboxylic acids is 1. The van der Waals surface area contributed by atoms with Crippen LogP contribution < -0.4 is 5.32 Å². The average molecular weight is 301 g/mol. The number of carboxylic acids is 1. The normalized spacial score (nSPS) is 13.1. The quantitative estimate of drug-likeness (QED) is 0.881. The van der Waals surface area contributed by atoms with Crippen LogP contribution >= 0.6 is 0 Å². The van der Waals surface area contributed by atoms with Gasteiger partial charge in [-0.2, -0.15) is 0 Å². The fourth-order valence-electron chi connectivity index (χ4n) is 2.10. The minimum Gasteiger partial charge on any atom is -0.480 e. The number of rotatable bonds is 5. The summed E-state index contributed by atoms with van der Waals surface area (Å²) in [6, 6.07) is 11.5. The monoisotopic (exact) mass is 301 g/mol. The predicted octanol–water partition coefficient (Wildman–Crippen LogP) is 3.81. The molecule has 1 aromatic heterocycles. The summed E-state index contributed by atoms with van der Waals surface area (Å²) in [5.74, 6) is 0.646. The second-order valence-electron chi connectivity index (χ2n) is 6.53. The highest BCUT2D eigenvalue weighted by Crippen LogP contribution is 2.27. The van der Waals surface area contributed by atoms with Crippen LogP contribution in [0.1, 0.15) is 39.0 Å². The third kappa shape index (κ3) is 3.98. The molecule has 118 valence electrons. The first-order chi connectivity index (χ1) is 10.3. The van der Waals surface area contributed by atoms with Gasteiger partial charge in [0.2, 0.25) is 0 Å². The van der Waals surface area contributed by atoms with Gasteiger partial charge < -0.3 is 9.52 Å². The molecule has 0 fully saturated rings. The van der Waals surface area contributed by atoms with Crippen LogP contribution in [0.4, 0.5) is 0 Å². The van der Waals surface area contributed by atoms with E-state index in [1.54, 1.807) is 6.92 Å². The highest BCUT2D eigenvalue weighted by Gasteiger charge is 2.14. The third-order valence-electron chi connectivity index (χ3n) is 3.65. The van der Waals surface area contributed by atoms with Crippen molar-refractivity contribution in [3.63, 3.8) is 0 Å². The van der Waals surface area contributed by atoms with Crippen LogP contribution in [-0.2, 0) is 16.8 Å². The molecule has 1 aromatic carbocycles. The van der Waals surface area contributed by atoms with Crippen molar-refractivity contribution < 1.29 is 14.3 Å². The van der Waals surface area contributed by atoms with Crippen molar-refractivity contribution in [2.24, 2.45) is 0 Å². The third-order valence-corrected chi connectivity index (χ3v) is 3.65. The van der Waals surface area contributed by atoms with E-state index in [1.165, 1.54) is 5.56 Å². The molecule has 2 N–H and O–H groups in total. The van der Waals surface area contributed by atoms with Crippen LogP contribution in [0.5, 0.6) is 0 Å². The highest BCUT2D eigenvalue weighted by molar-refractivity contribution is 5.72. The fourth-order valence-corrected chi connectivity index (χ4v) is 2.10. The average Bonchev–Trinajstić information content (AvgIpc) is 2.92. The summed E-state index contributed by atoms with van der Waals surface area (Å²) in [5, 5.41) is 11.7. The number of hydrogen-bond donors (Lipinski definition) is 2. The first kappa shape index (κ1) is 16.3. The van der Waals surface area contributed by atoms with Gasteiger partial charge in [0, 0.05) is 5.56 Å². The molecule has 0 aliphatic carbocycles. The molecule has 1 heterocycles. The summed E-state index contributed by atoms with van der Waals surface area (Å²) in [5.41, 5.74) is 2.43. The fraction of sp³-hybridized carbons (Fsp3) is 0.389. The van der Waals surface area contributed by atoms with Crippen LogP contribution in [0, 0.1) is 0 Å². The van der Waals surface area contributed by atoms with Crippen molar-refractivity contribution >= 4 is 5.97 Å². The topological polar surface area (TPSA) is 62.5 Å². The van der Waals surface area contributed by atoms with Crippen LogP contribution in [0.15, 0.2) is 40.8 Å². The van der Waals surface area contributed by atoms with Crippen molar-refractivity contribution in [1.82, 2.24) is 5.32 Å². The lowest BCUT2D eigenvalue weighted by atomic mass is 9.86. The SMILES string of the molecule is CC(NCc1ccc(-c2ccc(C(C)(C)C)cc2)o1)C(=O)O. The van der Waals surface area contributed by atoms with Crippen molar-refractivity contribution in [3.05, 3.63) is 47.7 Å². The molecule has 1 atom stereocenters. The minimum atomic E-state index is -0.871. The largest absolute Gasteiger partial charge is 0.480 e. The smallest absolute Gasteiger partial charge is 0.320 e. The molecule has 2 aromatic rings. The molecule has 4 nitrogen and oxygen atoms in total. The van der Waals surface area contributed by atoms with E-state index in [0.29, 0.717) is 6.54 Å². The van der Waals surface area contributed by atoms with E-state index in [-0.39, 0.29) is 5.41 Å².